The molecule has 0 aromatic carbocycles. The lowest BCUT2D eigenvalue weighted by molar-refractivity contribution is -0.137. The fourth-order valence-electron chi connectivity index (χ4n) is 4.00. The van der Waals surface area contributed by atoms with E-state index in [1.165, 1.54) is 29.1 Å². The van der Waals surface area contributed by atoms with Gasteiger partial charge in [0.25, 0.3) is 0 Å². The summed E-state index contributed by atoms with van der Waals surface area (Å²) in [4.78, 5) is 14.8. The van der Waals surface area contributed by atoms with E-state index in [-0.39, 0.29) is 11.7 Å². The zero-order valence-corrected chi connectivity index (χ0v) is 17.2. The average Bonchev–Trinajstić information content (AvgIpc) is 3.16. The Morgan fingerprint density at radius 2 is 2.03 bits per heavy atom. The lowest BCUT2D eigenvalue weighted by Gasteiger charge is -2.37. The number of nitrogens with one attached hydrogen (secondary N) is 1. The van der Waals surface area contributed by atoms with Gasteiger partial charge in [0.05, 0.1) is 17.9 Å². The maximum atomic E-state index is 13.2. The molecule has 3 aromatic heterocycles. The minimum atomic E-state index is -4.49. The molecule has 3 aromatic rings. The van der Waals surface area contributed by atoms with Crippen molar-refractivity contribution >= 4 is 17.7 Å². The number of halogens is 3. The summed E-state index contributed by atoms with van der Waals surface area (Å²) < 4.78 is 40.8. The van der Waals surface area contributed by atoms with Crippen molar-refractivity contribution in [3.63, 3.8) is 0 Å². The van der Waals surface area contributed by atoms with Crippen molar-refractivity contribution in [2.45, 2.75) is 25.6 Å². The Morgan fingerprint density at radius 1 is 1.25 bits per heavy atom. The minimum Gasteiger partial charge on any atom is -0.402 e. The highest BCUT2D eigenvalue weighted by Crippen LogP contribution is 2.31. The number of alkyl halides is 3. The number of anilines is 1. The van der Waals surface area contributed by atoms with Gasteiger partial charge in [-0.25, -0.2) is 15.0 Å². The van der Waals surface area contributed by atoms with Crippen molar-refractivity contribution in [1.82, 2.24) is 19.4 Å². The molecule has 1 aliphatic rings. The van der Waals surface area contributed by atoms with Gasteiger partial charge in [0.1, 0.15) is 17.2 Å². The van der Waals surface area contributed by atoms with Crippen LogP contribution in [-0.4, -0.2) is 49.9 Å². The van der Waals surface area contributed by atoms with Crippen molar-refractivity contribution < 1.29 is 18.3 Å². The first-order valence-electron chi connectivity index (χ1n) is 9.95. The van der Waals surface area contributed by atoms with Crippen LogP contribution in [0.15, 0.2) is 48.1 Å². The number of nitrogens with two attached hydrogens (primary N) is 1. The molecular weight excluding hydrogens is 423 g/mol. The number of fused-ring (bicyclic) bond motifs is 1. The summed E-state index contributed by atoms with van der Waals surface area (Å²) in [7, 11) is 0. The second kappa shape index (κ2) is 8.23. The van der Waals surface area contributed by atoms with Crippen LogP contribution in [0.25, 0.3) is 17.2 Å². The molecular formula is C21H22F3N7O. The summed E-state index contributed by atoms with van der Waals surface area (Å²) in [6.45, 7) is 2.53. The van der Waals surface area contributed by atoms with Crippen LogP contribution in [0.2, 0.25) is 0 Å². The van der Waals surface area contributed by atoms with Crippen LogP contribution in [0.3, 0.4) is 0 Å². The molecule has 8 nitrogen and oxygen atoms in total. The number of aromatic nitrogens is 4. The normalized spacial score (nSPS) is 20.3. The number of piperidine rings is 1. The number of nitrogens with zero attached hydrogens (tertiary/aromatic N) is 5. The Kier molecular flexibility index (Phi) is 5.59. The van der Waals surface area contributed by atoms with Gasteiger partial charge in [0.2, 0.25) is 0 Å². The molecule has 0 aliphatic carbocycles. The van der Waals surface area contributed by atoms with Gasteiger partial charge in [-0.05, 0) is 37.1 Å². The van der Waals surface area contributed by atoms with Gasteiger partial charge in [-0.3, -0.25) is 4.40 Å². The molecule has 32 heavy (non-hydrogen) atoms. The van der Waals surface area contributed by atoms with Crippen molar-refractivity contribution in [1.29, 1.82) is 5.41 Å². The van der Waals surface area contributed by atoms with E-state index in [2.05, 4.69) is 15.0 Å². The van der Waals surface area contributed by atoms with Gasteiger partial charge in [-0.15, -0.1) is 0 Å². The van der Waals surface area contributed by atoms with Gasteiger partial charge < -0.3 is 21.1 Å². The highest BCUT2D eigenvalue weighted by molar-refractivity contribution is 5.77. The standard InChI is InChI=1S/C21H22F3N7O/c1-12(26)16(7-25)13-6-15(32)11-30(9-13)19-4-5-27-20(29-19)17-8-28-18-3-2-14(10-31(17)18)21(22,23)24/h2-5,7-8,10,13,15,25,32H,6,9,11,26H2,1H3/b16-12+,25-7?/t13-,15-/m0/s1. The maximum absolute atomic E-state index is 13.2. The van der Waals surface area contributed by atoms with Crippen LogP contribution < -0.4 is 10.6 Å². The number of allylic oxidation sites excluding steroid dienone is 1. The predicted octanol–water partition coefficient (Wildman–Crippen LogP) is 2.88. The summed E-state index contributed by atoms with van der Waals surface area (Å²) in [6, 6.07) is 3.95. The first-order valence-corrected chi connectivity index (χ1v) is 9.95. The number of pyridine rings is 1. The predicted molar refractivity (Wildman–Crippen MR) is 113 cm³/mol. The third-order valence-corrected chi connectivity index (χ3v) is 5.51. The number of hydrogen-bond donors (Lipinski definition) is 3. The first-order chi connectivity index (χ1) is 15.2. The minimum absolute atomic E-state index is 0.148. The molecule has 2 atom stereocenters. The van der Waals surface area contributed by atoms with Crippen molar-refractivity contribution in [2.75, 3.05) is 18.0 Å². The van der Waals surface area contributed by atoms with E-state index in [1.54, 1.807) is 13.0 Å². The number of rotatable bonds is 4. The van der Waals surface area contributed by atoms with Crippen LogP contribution in [0.5, 0.6) is 0 Å². The summed E-state index contributed by atoms with van der Waals surface area (Å²) in [5, 5.41) is 18.0. The molecule has 1 aliphatic heterocycles. The first kappa shape index (κ1) is 21.8. The van der Waals surface area contributed by atoms with Crippen molar-refractivity contribution in [2.24, 2.45) is 11.7 Å². The summed E-state index contributed by atoms with van der Waals surface area (Å²) in [5.74, 6) is 0.577. The summed E-state index contributed by atoms with van der Waals surface area (Å²) in [6.07, 6.45) is 0.460. The fourth-order valence-corrected chi connectivity index (χ4v) is 4.00. The summed E-state index contributed by atoms with van der Waals surface area (Å²) in [5.41, 5.74) is 6.94. The van der Waals surface area contributed by atoms with Crippen LogP contribution in [0, 0.1) is 11.3 Å². The lowest BCUT2D eigenvalue weighted by atomic mass is 9.88. The van der Waals surface area contributed by atoms with E-state index in [0.717, 1.165) is 12.3 Å². The van der Waals surface area contributed by atoms with Crippen molar-refractivity contribution in [3.8, 4) is 11.5 Å². The second-order valence-corrected chi connectivity index (χ2v) is 7.80. The van der Waals surface area contributed by atoms with E-state index in [4.69, 9.17) is 11.1 Å². The molecule has 4 N–H and O–H groups in total. The van der Waals surface area contributed by atoms with Gasteiger partial charge >= 0.3 is 6.18 Å². The van der Waals surface area contributed by atoms with Gasteiger partial charge in [0, 0.05) is 43.3 Å². The quantitative estimate of drug-likeness (QED) is 0.532. The van der Waals surface area contributed by atoms with Crippen LogP contribution in [-0.2, 0) is 6.18 Å². The molecule has 4 heterocycles. The van der Waals surface area contributed by atoms with Crippen LogP contribution in [0.1, 0.15) is 18.9 Å². The highest BCUT2D eigenvalue weighted by Gasteiger charge is 2.32. The van der Waals surface area contributed by atoms with E-state index in [0.29, 0.717) is 47.9 Å². The van der Waals surface area contributed by atoms with Crippen LogP contribution >= 0.6 is 0 Å². The third kappa shape index (κ3) is 4.15. The molecule has 0 amide bonds. The molecule has 1 saturated heterocycles. The smallest absolute Gasteiger partial charge is 0.402 e. The molecule has 0 unspecified atom stereocenters. The Labute approximate surface area is 181 Å². The van der Waals surface area contributed by atoms with Crippen LogP contribution in [0.4, 0.5) is 19.0 Å². The number of imidazole rings is 1. The van der Waals surface area contributed by atoms with Gasteiger partial charge in [0.15, 0.2) is 5.82 Å². The zero-order valence-electron chi connectivity index (χ0n) is 17.2. The lowest BCUT2D eigenvalue weighted by Crippen LogP contribution is -2.44. The van der Waals surface area contributed by atoms with E-state index in [1.807, 2.05) is 4.90 Å². The SMILES string of the molecule is C/C(N)=C(/C=N)[C@H]1C[C@H](O)CN(c2ccnc(-c3cnc4ccc(C(F)(F)F)cn34)n2)C1. The average molecular weight is 445 g/mol. The Balaban J connectivity index is 1.70. The molecule has 11 heteroatoms. The van der Waals surface area contributed by atoms with E-state index < -0.39 is 17.8 Å². The molecule has 168 valence electrons. The largest absolute Gasteiger partial charge is 0.417 e. The number of aliphatic hydroxyl groups is 1. The monoisotopic (exact) mass is 445 g/mol. The number of aliphatic hydroxyl groups excluding tert-OH is 1. The fraction of sp³-hybridized carbons (Fsp3) is 0.333. The Hall–Kier alpha value is -3.47. The van der Waals surface area contributed by atoms with E-state index >= 15 is 0 Å². The maximum Gasteiger partial charge on any atom is 0.417 e. The third-order valence-electron chi connectivity index (χ3n) is 5.51. The molecule has 0 spiro atoms. The number of hydrogen-bond acceptors (Lipinski definition) is 7. The molecule has 0 bridgehead atoms. The second-order valence-electron chi connectivity index (χ2n) is 7.80. The Bertz CT molecular complexity index is 1180. The molecule has 0 saturated carbocycles. The summed E-state index contributed by atoms with van der Waals surface area (Å²) >= 11 is 0. The molecule has 0 radical (unpaired) electrons. The van der Waals surface area contributed by atoms with E-state index in [9.17, 15) is 18.3 Å². The zero-order chi connectivity index (χ0) is 23.0. The van der Waals surface area contributed by atoms with Gasteiger partial charge in [-0.1, -0.05) is 0 Å². The molecule has 1 fully saturated rings. The van der Waals surface area contributed by atoms with Gasteiger partial charge in [-0.2, -0.15) is 13.2 Å². The Morgan fingerprint density at radius 3 is 2.72 bits per heavy atom. The topological polar surface area (TPSA) is 116 Å². The highest BCUT2D eigenvalue weighted by atomic mass is 19.4. The molecule has 4 rings (SSSR count). The number of β-amino-alcohol motifs (C(OH)–C–C–N with tert-alkyl or cyclic N) is 1. The van der Waals surface area contributed by atoms with Crippen molar-refractivity contribution in [3.05, 3.63) is 53.6 Å².